The highest BCUT2D eigenvalue weighted by Gasteiger charge is 2.16. The van der Waals surface area contributed by atoms with E-state index in [-0.39, 0.29) is 12.3 Å². The summed E-state index contributed by atoms with van der Waals surface area (Å²) in [6, 6.07) is 11.4. The number of ether oxygens (including phenoxy) is 1. The minimum Gasteiger partial charge on any atom is -0.497 e. The summed E-state index contributed by atoms with van der Waals surface area (Å²) in [6.07, 6.45) is 2.99. The minimum absolute atomic E-state index is 0.123. The van der Waals surface area contributed by atoms with Gasteiger partial charge >= 0.3 is 5.63 Å². The molecule has 1 N–H and O–H groups in total. The number of hydrogen-bond donors (Lipinski definition) is 1. The van der Waals surface area contributed by atoms with Gasteiger partial charge in [0.05, 0.1) is 7.11 Å². The largest absolute Gasteiger partial charge is 0.497 e. The van der Waals surface area contributed by atoms with Crippen LogP contribution in [-0.2, 0) is 11.2 Å². The Labute approximate surface area is 181 Å². The number of aryl methyl sites for hydroxylation is 2. The van der Waals surface area contributed by atoms with Crippen molar-refractivity contribution in [2.24, 2.45) is 0 Å². The summed E-state index contributed by atoms with van der Waals surface area (Å²) < 4.78 is 10.7. The number of hydrogen-bond acceptors (Lipinski definition) is 5. The molecular weight excluding hydrogens is 392 g/mol. The second-order valence-corrected chi connectivity index (χ2v) is 8.10. The summed E-state index contributed by atoms with van der Waals surface area (Å²) in [4.78, 5) is 27.4. The molecule has 162 valence electrons. The SMILES string of the molecule is COc1ccc2c(C)c(CCC(=O)Nc3ccc(N4CCCC4)c(C)c3)c(=O)oc2c1. The molecular formula is C25H28N2O4. The van der Waals surface area contributed by atoms with Crippen molar-refractivity contribution in [2.75, 3.05) is 30.4 Å². The van der Waals surface area contributed by atoms with Crippen molar-refractivity contribution in [3.63, 3.8) is 0 Å². The van der Waals surface area contributed by atoms with E-state index in [1.54, 1.807) is 13.2 Å². The number of methoxy groups -OCH3 is 1. The minimum atomic E-state index is -0.406. The van der Waals surface area contributed by atoms with Crippen LogP contribution in [0.15, 0.2) is 45.6 Å². The Morgan fingerprint density at radius 1 is 1.13 bits per heavy atom. The van der Waals surface area contributed by atoms with E-state index in [0.717, 1.165) is 35.3 Å². The Kier molecular flexibility index (Phi) is 5.98. The number of carbonyl (C=O) groups excluding carboxylic acids is 1. The predicted octanol–water partition coefficient (Wildman–Crippen LogP) is 4.59. The lowest BCUT2D eigenvalue weighted by atomic mass is 10.0. The van der Waals surface area contributed by atoms with Gasteiger partial charge in [-0.05, 0) is 74.6 Å². The Morgan fingerprint density at radius 3 is 2.61 bits per heavy atom. The average Bonchev–Trinajstić information content (AvgIpc) is 3.27. The van der Waals surface area contributed by atoms with E-state index in [1.807, 2.05) is 31.2 Å². The molecule has 1 amide bonds. The molecule has 0 atom stereocenters. The number of nitrogens with one attached hydrogen (secondary N) is 1. The smallest absolute Gasteiger partial charge is 0.339 e. The first-order valence-electron chi connectivity index (χ1n) is 10.7. The van der Waals surface area contributed by atoms with Gasteiger partial charge in [0.15, 0.2) is 0 Å². The van der Waals surface area contributed by atoms with E-state index in [1.165, 1.54) is 18.5 Å². The van der Waals surface area contributed by atoms with Crippen LogP contribution in [0.4, 0.5) is 11.4 Å². The summed E-state index contributed by atoms with van der Waals surface area (Å²) in [5.74, 6) is 0.509. The monoisotopic (exact) mass is 420 g/mol. The molecule has 2 heterocycles. The first kappa shape index (κ1) is 21.0. The highest BCUT2D eigenvalue weighted by molar-refractivity contribution is 5.91. The molecule has 1 aliphatic heterocycles. The summed E-state index contributed by atoms with van der Waals surface area (Å²) in [7, 11) is 1.57. The summed E-state index contributed by atoms with van der Waals surface area (Å²) in [5.41, 5.74) is 4.62. The standard InChI is InChI=1S/C25H28N2O4/c1-16-14-18(6-10-22(16)27-12-4-5-13-27)26-24(28)11-9-21-17(2)20-8-7-19(30-3)15-23(20)31-25(21)29/h6-8,10,14-15H,4-5,9,11-13H2,1-3H3,(H,26,28). The fourth-order valence-corrected chi connectivity index (χ4v) is 4.30. The van der Waals surface area contributed by atoms with Gasteiger partial charge in [-0.15, -0.1) is 0 Å². The molecule has 0 spiro atoms. The van der Waals surface area contributed by atoms with E-state index in [0.29, 0.717) is 23.3 Å². The maximum Gasteiger partial charge on any atom is 0.339 e. The molecule has 1 aromatic heterocycles. The fraction of sp³-hybridized carbons (Fsp3) is 0.360. The van der Waals surface area contributed by atoms with Crippen molar-refractivity contribution in [3.05, 3.63) is 63.5 Å². The van der Waals surface area contributed by atoms with Gasteiger partial charge in [0.2, 0.25) is 5.91 Å². The molecule has 6 nitrogen and oxygen atoms in total. The van der Waals surface area contributed by atoms with Gasteiger partial charge in [-0.2, -0.15) is 0 Å². The first-order valence-corrected chi connectivity index (χ1v) is 10.7. The lowest BCUT2D eigenvalue weighted by Crippen LogP contribution is -2.19. The molecule has 0 bridgehead atoms. The number of amides is 1. The maximum atomic E-state index is 12.5. The third-order valence-electron chi connectivity index (χ3n) is 6.02. The zero-order chi connectivity index (χ0) is 22.0. The molecule has 31 heavy (non-hydrogen) atoms. The zero-order valence-electron chi connectivity index (χ0n) is 18.3. The van der Waals surface area contributed by atoms with Crippen LogP contribution in [0, 0.1) is 13.8 Å². The lowest BCUT2D eigenvalue weighted by Gasteiger charge is -2.20. The van der Waals surface area contributed by atoms with E-state index in [2.05, 4.69) is 23.2 Å². The normalized spacial score (nSPS) is 13.6. The van der Waals surface area contributed by atoms with E-state index in [4.69, 9.17) is 9.15 Å². The van der Waals surface area contributed by atoms with Crippen LogP contribution < -0.4 is 20.6 Å². The first-order chi connectivity index (χ1) is 15.0. The van der Waals surface area contributed by atoms with Gasteiger partial charge in [-0.1, -0.05) is 0 Å². The van der Waals surface area contributed by atoms with Gasteiger partial charge in [0.1, 0.15) is 11.3 Å². The molecule has 4 rings (SSSR count). The highest BCUT2D eigenvalue weighted by atomic mass is 16.5. The number of carbonyl (C=O) groups is 1. The average molecular weight is 421 g/mol. The molecule has 2 aromatic carbocycles. The van der Waals surface area contributed by atoms with Crippen molar-refractivity contribution in [3.8, 4) is 5.75 Å². The fourth-order valence-electron chi connectivity index (χ4n) is 4.30. The molecule has 3 aromatic rings. The number of anilines is 2. The quantitative estimate of drug-likeness (QED) is 0.591. The third kappa shape index (κ3) is 4.43. The number of benzene rings is 2. The van der Waals surface area contributed by atoms with Crippen LogP contribution in [-0.4, -0.2) is 26.1 Å². The van der Waals surface area contributed by atoms with Gasteiger partial charge in [0, 0.05) is 47.9 Å². The highest BCUT2D eigenvalue weighted by Crippen LogP contribution is 2.27. The van der Waals surface area contributed by atoms with E-state index in [9.17, 15) is 9.59 Å². The van der Waals surface area contributed by atoms with E-state index < -0.39 is 5.63 Å². The van der Waals surface area contributed by atoms with Crippen LogP contribution in [0.1, 0.15) is 36.0 Å². The lowest BCUT2D eigenvalue weighted by molar-refractivity contribution is -0.116. The summed E-state index contributed by atoms with van der Waals surface area (Å²) in [5, 5.41) is 3.81. The van der Waals surface area contributed by atoms with E-state index >= 15 is 0 Å². The Morgan fingerprint density at radius 2 is 1.90 bits per heavy atom. The van der Waals surface area contributed by atoms with Gasteiger partial charge < -0.3 is 19.4 Å². The summed E-state index contributed by atoms with van der Waals surface area (Å²) >= 11 is 0. The third-order valence-corrected chi connectivity index (χ3v) is 6.02. The van der Waals surface area contributed by atoms with Crippen LogP contribution in [0.5, 0.6) is 5.75 Å². The molecule has 6 heteroatoms. The molecule has 0 radical (unpaired) electrons. The van der Waals surface area contributed by atoms with Crippen LogP contribution in [0.3, 0.4) is 0 Å². The molecule has 1 saturated heterocycles. The molecule has 1 fully saturated rings. The van der Waals surface area contributed by atoms with Gasteiger partial charge in [-0.3, -0.25) is 4.79 Å². The Hall–Kier alpha value is -3.28. The number of fused-ring (bicyclic) bond motifs is 1. The number of rotatable bonds is 6. The Balaban J connectivity index is 1.44. The molecule has 0 unspecified atom stereocenters. The second kappa shape index (κ2) is 8.84. The van der Waals surface area contributed by atoms with Crippen LogP contribution >= 0.6 is 0 Å². The van der Waals surface area contributed by atoms with Crippen molar-refractivity contribution < 1.29 is 13.9 Å². The van der Waals surface area contributed by atoms with Crippen molar-refractivity contribution >= 4 is 28.3 Å². The topological polar surface area (TPSA) is 71.8 Å². The van der Waals surface area contributed by atoms with Crippen molar-refractivity contribution in [2.45, 2.75) is 39.5 Å². The number of nitrogens with zero attached hydrogens (tertiary/aromatic N) is 1. The predicted molar refractivity (Wildman–Crippen MR) is 123 cm³/mol. The Bertz CT molecular complexity index is 1180. The summed E-state index contributed by atoms with van der Waals surface area (Å²) in [6.45, 7) is 6.14. The van der Waals surface area contributed by atoms with Gasteiger partial charge in [0.25, 0.3) is 0 Å². The van der Waals surface area contributed by atoms with Gasteiger partial charge in [-0.25, -0.2) is 4.79 Å². The van der Waals surface area contributed by atoms with Crippen molar-refractivity contribution in [1.82, 2.24) is 0 Å². The zero-order valence-corrected chi connectivity index (χ0v) is 18.3. The molecule has 0 saturated carbocycles. The second-order valence-electron chi connectivity index (χ2n) is 8.10. The maximum absolute atomic E-state index is 12.5. The molecule has 0 aliphatic carbocycles. The van der Waals surface area contributed by atoms with Crippen molar-refractivity contribution in [1.29, 1.82) is 0 Å². The van der Waals surface area contributed by atoms with Crippen LogP contribution in [0.25, 0.3) is 11.0 Å². The van der Waals surface area contributed by atoms with Crippen LogP contribution in [0.2, 0.25) is 0 Å². The molecule has 1 aliphatic rings.